The summed E-state index contributed by atoms with van der Waals surface area (Å²) in [7, 11) is 1.59. The molecule has 1 saturated carbocycles. The molecule has 2 N–H and O–H groups in total. The molecule has 1 aliphatic rings. The topological polar surface area (TPSA) is 97.0 Å². The minimum Gasteiger partial charge on any atom is -0.497 e. The number of methoxy groups -OCH3 is 1. The van der Waals surface area contributed by atoms with Crippen molar-refractivity contribution < 1.29 is 23.9 Å². The summed E-state index contributed by atoms with van der Waals surface area (Å²) in [6.45, 7) is 11.2. The molecule has 212 valence electrons. The van der Waals surface area contributed by atoms with Gasteiger partial charge in [-0.3, -0.25) is 9.59 Å². The zero-order chi connectivity index (χ0) is 28.7. The first-order valence-electron chi connectivity index (χ1n) is 13.8. The van der Waals surface area contributed by atoms with Crippen LogP contribution in [0.5, 0.6) is 5.75 Å². The fourth-order valence-corrected chi connectivity index (χ4v) is 4.62. The summed E-state index contributed by atoms with van der Waals surface area (Å²) in [4.78, 5) is 42.9. The fraction of sp³-hybridized carbons (Fsp3) is 0.516. The van der Waals surface area contributed by atoms with Gasteiger partial charge in [0.25, 0.3) is 5.91 Å². The number of hydrogen-bond acceptors (Lipinski definition) is 5. The Labute approximate surface area is 232 Å². The van der Waals surface area contributed by atoms with Gasteiger partial charge in [0.1, 0.15) is 23.4 Å². The molecule has 0 aliphatic heterocycles. The van der Waals surface area contributed by atoms with Crippen molar-refractivity contribution in [2.75, 3.05) is 12.4 Å². The van der Waals surface area contributed by atoms with E-state index in [0.717, 1.165) is 30.4 Å². The molecule has 2 aromatic carbocycles. The molecule has 8 nitrogen and oxygen atoms in total. The quantitative estimate of drug-likeness (QED) is 0.387. The number of nitrogens with zero attached hydrogens (tertiary/aromatic N) is 1. The minimum absolute atomic E-state index is 0.114. The van der Waals surface area contributed by atoms with Gasteiger partial charge in [0, 0.05) is 11.7 Å². The van der Waals surface area contributed by atoms with Gasteiger partial charge in [-0.1, -0.05) is 50.1 Å². The van der Waals surface area contributed by atoms with Crippen LogP contribution in [0.4, 0.5) is 10.5 Å². The lowest BCUT2D eigenvalue weighted by atomic mass is 9.86. The van der Waals surface area contributed by atoms with Crippen LogP contribution in [0.2, 0.25) is 0 Å². The van der Waals surface area contributed by atoms with Crippen LogP contribution < -0.4 is 15.4 Å². The molecule has 0 heterocycles. The van der Waals surface area contributed by atoms with Gasteiger partial charge in [0.2, 0.25) is 5.91 Å². The Bertz CT molecular complexity index is 1140. The first-order chi connectivity index (χ1) is 18.4. The summed E-state index contributed by atoms with van der Waals surface area (Å²) in [5, 5.41) is 5.83. The molecule has 1 fully saturated rings. The van der Waals surface area contributed by atoms with Crippen molar-refractivity contribution in [3.8, 4) is 5.75 Å². The van der Waals surface area contributed by atoms with Gasteiger partial charge in [-0.25, -0.2) is 4.79 Å². The summed E-state index contributed by atoms with van der Waals surface area (Å²) in [6.07, 6.45) is 2.58. The largest absolute Gasteiger partial charge is 0.497 e. The number of benzene rings is 2. The molecule has 0 radical (unpaired) electrons. The van der Waals surface area contributed by atoms with Crippen LogP contribution in [0.25, 0.3) is 0 Å². The predicted molar refractivity (Wildman–Crippen MR) is 153 cm³/mol. The highest BCUT2D eigenvalue weighted by Crippen LogP contribution is 2.35. The summed E-state index contributed by atoms with van der Waals surface area (Å²) in [5.41, 5.74) is 1.61. The van der Waals surface area contributed by atoms with Crippen molar-refractivity contribution in [1.82, 2.24) is 10.2 Å². The third-order valence-corrected chi connectivity index (χ3v) is 7.12. The molecule has 0 bridgehead atoms. The molecule has 2 aromatic rings. The molecule has 0 saturated heterocycles. The molecule has 3 atom stereocenters. The van der Waals surface area contributed by atoms with Crippen LogP contribution in [0.1, 0.15) is 77.5 Å². The summed E-state index contributed by atoms with van der Waals surface area (Å²) >= 11 is 0. The third-order valence-electron chi connectivity index (χ3n) is 7.12. The molecule has 3 rings (SSSR count). The van der Waals surface area contributed by atoms with E-state index in [9.17, 15) is 14.4 Å². The van der Waals surface area contributed by atoms with Crippen molar-refractivity contribution in [3.63, 3.8) is 0 Å². The van der Waals surface area contributed by atoms with Crippen LogP contribution in [0.3, 0.4) is 0 Å². The molecular formula is C31H43N3O5. The lowest BCUT2D eigenvalue weighted by molar-refractivity contribution is -0.147. The van der Waals surface area contributed by atoms with Crippen LogP contribution in [0.15, 0.2) is 48.5 Å². The molecule has 0 spiro atoms. The van der Waals surface area contributed by atoms with E-state index < -0.39 is 23.8 Å². The number of anilines is 1. The molecule has 3 unspecified atom stereocenters. The Kier molecular flexibility index (Phi) is 10.0. The van der Waals surface area contributed by atoms with E-state index in [0.29, 0.717) is 17.9 Å². The maximum atomic E-state index is 14.4. The Morgan fingerprint density at radius 1 is 1.08 bits per heavy atom. The van der Waals surface area contributed by atoms with Crippen molar-refractivity contribution in [1.29, 1.82) is 0 Å². The lowest BCUT2D eigenvalue weighted by Crippen LogP contribution is -2.58. The molecule has 0 aromatic heterocycles. The average Bonchev–Trinajstić information content (AvgIpc) is 2.84. The highest BCUT2D eigenvalue weighted by Gasteiger charge is 2.43. The van der Waals surface area contributed by atoms with Gasteiger partial charge in [-0.05, 0) is 82.7 Å². The van der Waals surface area contributed by atoms with E-state index in [2.05, 4.69) is 10.6 Å². The van der Waals surface area contributed by atoms with Crippen molar-refractivity contribution in [2.24, 2.45) is 5.92 Å². The number of hydrogen-bond donors (Lipinski definition) is 2. The maximum absolute atomic E-state index is 14.4. The number of rotatable bonds is 10. The molecule has 1 aliphatic carbocycles. The Hall–Kier alpha value is -3.55. The van der Waals surface area contributed by atoms with Crippen LogP contribution in [-0.2, 0) is 14.3 Å². The standard InChI is InChI=1S/C31H43N3O5/c1-8-21(3)26(33-30(37)39-31(4,5)6)29(36)34(24-13-10-14-24)27(22-12-9-11-20(2)19-22)28(35)32-23-15-17-25(38-7)18-16-23/h9,11-12,15-19,21,24,26-27H,8,10,13-14H2,1-7H3,(H,32,35)(H,33,37). The summed E-state index contributed by atoms with van der Waals surface area (Å²) in [6, 6.07) is 12.9. The highest BCUT2D eigenvalue weighted by atomic mass is 16.6. The number of carbonyl (C=O) groups is 3. The molecule has 3 amide bonds. The van der Waals surface area contributed by atoms with E-state index in [-0.39, 0.29) is 23.8 Å². The maximum Gasteiger partial charge on any atom is 0.408 e. The summed E-state index contributed by atoms with van der Waals surface area (Å²) in [5.74, 6) is -0.0861. The highest BCUT2D eigenvalue weighted by molar-refractivity contribution is 5.99. The number of alkyl carbamates (subject to hydrolysis) is 1. The van der Waals surface area contributed by atoms with Gasteiger partial charge in [-0.15, -0.1) is 0 Å². The van der Waals surface area contributed by atoms with Gasteiger partial charge in [-0.2, -0.15) is 0 Å². The van der Waals surface area contributed by atoms with Crippen molar-refractivity contribution in [2.45, 2.75) is 91.0 Å². The van der Waals surface area contributed by atoms with Gasteiger partial charge in [0.05, 0.1) is 7.11 Å². The molecule has 8 heteroatoms. The Morgan fingerprint density at radius 2 is 1.74 bits per heavy atom. The van der Waals surface area contributed by atoms with Gasteiger partial charge >= 0.3 is 6.09 Å². The normalized spacial score (nSPS) is 15.8. The first-order valence-corrected chi connectivity index (χ1v) is 13.8. The van der Waals surface area contributed by atoms with E-state index >= 15 is 0 Å². The Morgan fingerprint density at radius 3 is 2.26 bits per heavy atom. The van der Waals surface area contributed by atoms with Crippen LogP contribution in [0, 0.1) is 12.8 Å². The first kappa shape index (κ1) is 30.0. The zero-order valence-electron chi connectivity index (χ0n) is 24.2. The van der Waals surface area contributed by atoms with Crippen molar-refractivity contribution >= 4 is 23.6 Å². The predicted octanol–water partition coefficient (Wildman–Crippen LogP) is 6.00. The number of aryl methyl sites for hydroxylation is 1. The molecular weight excluding hydrogens is 494 g/mol. The smallest absolute Gasteiger partial charge is 0.408 e. The second-order valence-electron chi connectivity index (χ2n) is 11.4. The fourth-order valence-electron chi connectivity index (χ4n) is 4.62. The van der Waals surface area contributed by atoms with Crippen molar-refractivity contribution in [3.05, 3.63) is 59.7 Å². The van der Waals surface area contributed by atoms with Gasteiger partial charge in [0.15, 0.2) is 0 Å². The monoisotopic (exact) mass is 537 g/mol. The van der Waals surface area contributed by atoms with E-state index in [4.69, 9.17) is 9.47 Å². The number of ether oxygens (including phenoxy) is 2. The number of amides is 3. The summed E-state index contributed by atoms with van der Waals surface area (Å²) < 4.78 is 10.7. The minimum atomic E-state index is -0.878. The van der Waals surface area contributed by atoms with E-state index in [1.54, 1.807) is 57.0 Å². The Balaban J connectivity index is 2.02. The SMILES string of the molecule is CCC(C)C(NC(=O)OC(C)(C)C)C(=O)N(C1CCC1)C(C(=O)Nc1ccc(OC)cc1)c1cccc(C)c1. The van der Waals surface area contributed by atoms with E-state index in [1.807, 2.05) is 45.0 Å². The molecule has 39 heavy (non-hydrogen) atoms. The van der Waals surface area contributed by atoms with Crippen LogP contribution in [-0.4, -0.2) is 47.6 Å². The number of carbonyl (C=O) groups excluding carboxylic acids is 3. The van der Waals surface area contributed by atoms with E-state index in [1.165, 1.54) is 0 Å². The second-order valence-corrected chi connectivity index (χ2v) is 11.4. The lowest BCUT2D eigenvalue weighted by Gasteiger charge is -2.44. The third kappa shape index (κ3) is 7.97. The average molecular weight is 538 g/mol. The second kappa shape index (κ2) is 13.0. The number of nitrogens with one attached hydrogen (secondary N) is 2. The van der Waals surface area contributed by atoms with Gasteiger partial charge < -0.3 is 25.0 Å². The zero-order valence-corrected chi connectivity index (χ0v) is 24.2. The van der Waals surface area contributed by atoms with Crippen LogP contribution >= 0.6 is 0 Å².